The number of carbonyl (C=O) groups is 2. The molecule has 2 aliphatic rings. The summed E-state index contributed by atoms with van der Waals surface area (Å²) >= 11 is 1.38. The number of rotatable bonds is 4. The van der Waals surface area contributed by atoms with Gasteiger partial charge in [0, 0.05) is 24.9 Å². The van der Waals surface area contributed by atoms with Gasteiger partial charge >= 0.3 is 5.97 Å². The monoisotopic (exact) mass is 323 g/mol. The Labute approximate surface area is 133 Å². The van der Waals surface area contributed by atoms with E-state index in [0.717, 1.165) is 25.0 Å². The molecule has 1 aromatic rings. The molecule has 0 unspecified atom stereocenters. The minimum absolute atomic E-state index is 0.141. The lowest BCUT2D eigenvalue weighted by Gasteiger charge is -2.32. The standard InChI is InChI=1S/C15H21N3O3S/c1-9(19)16-15-17-11(8-22-15)7-18-12-5-3-2-4-10(12)6-13(18)14(20)21/h8,10,12-13H,2-7H2,1H3,(H,20,21)(H,16,17,19)/t10-,12-,13-/m0/s1. The van der Waals surface area contributed by atoms with Gasteiger partial charge in [0.05, 0.1) is 5.69 Å². The highest BCUT2D eigenvalue weighted by molar-refractivity contribution is 7.13. The van der Waals surface area contributed by atoms with Crippen LogP contribution in [-0.2, 0) is 16.1 Å². The summed E-state index contributed by atoms with van der Waals surface area (Å²) in [7, 11) is 0. The van der Waals surface area contributed by atoms with Gasteiger partial charge in [0.25, 0.3) is 0 Å². The number of aliphatic carboxylic acids is 1. The van der Waals surface area contributed by atoms with E-state index in [9.17, 15) is 14.7 Å². The second kappa shape index (κ2) is 6.34. The van der Waals surface area contributed by atoms with E-state index in [-0.39, 0.29) is 5.91 Å². The molecule has 3 rings (SSSR count). The molecule has 1 amide bonds. The van der Waals surface area contributed by atoms with Gasteiger partial charge in [-0.1, -0.05) is 12.8 Å². The van der Waals surface area contributed by atoms with Gasteiger partial charge in [-0.15, -0.1) is 11.3 Å². The smallest absolute Gasteiger partial charge is 0.320 e. The summed E-state index contributed by atoms with van der Waals surface area (Å²) in [6, 6.07) is -0.0419. The van der Waals surface area contributed by atoms with Crippen LogP contribution in [0.2, 0.25) is 0 Å². The van der Waals surface area contributed by atoms with Crippen LogP contribution in [0, 0.1) is 5.92 Å². The molecule has 0 bridgehead atoms. The second-order valence-corrected chi connectivity index (χ2v) is 7.06. The van der Waals surface area contributed by atoms with E-state index in [4.69, 9.17) is 0 Å². The summed E-state index contributed by atoms with van der Waals surface area (Å²) in [5.41, 5.74) is 0.839. The number of aromatic nitrogens is 1. The Morgan fingerprint density at radius 1 is 1.45 bits per heavy atom. The Morgan fingerprint density at radius 3 is 2.95 bits per heavy atom. The Morgan fingerprint density at radius 2 is 2.23 bits per heavy atom. The number of nitrogens with zero attached hydrogens (tertiary/aromatic N) is 2. The first-order valence-corrected chi connectivity index (χ1v) is 8.63. The lowest BCUT2D eigenvalue weighted by atomic mass is 9.85. The molecular formula is C15H21N3O3S. The van der Waals surface area contributed by atoms with Gasteiger partial charge in [-0.05, 0) is 25.2 Å². The predicted octanol–water partition coefficient (Wildman–Crippen LogP) is 2.32. The lowest BCUT2D eigenvalue weighted by Crippen LogP contribution is -2.41. The molecule has 1 saturated heterocycles. The summed E-state index contributed by atoms with van der Waals surface area (Å²) in [4.78, 5) is 29.2. The van der Waals surface area contributed by atoms with Crippen molar-refractivity contribution in [2.75, 3.05) is 5.32 Å². The molecule has 2 heterocycles. The van der Waals surface area contributed by atoms with Crippen LogP contribution in [0.1, 0.15) is 44.7 Å². The molecule has 0 spiro atoms. The minimum atomic E-state index is -0.730. The van der Waals surface area contributed by atoms with Gasteiger partial charge in [0.15, 0.2) is 5.13 Å². The largest absolute Gasteiger partial charge is 0.480 e. The van der Waals surface area contributed by atoms with Crippen molar-refractivity contribution in [1.82, 2.24) is 9.88 Å². The molecule has 22 heavy (non-hydrogen) atoms. The van der Waals surface area contributed by atoms with Crippen LogP contribution in [0.3, 0.4) is 0 Å². The molecule has 1 aromatic heterocycles. The topological polar surface area (TPSA) is 82.5 Å². The molecule has 1 aliphatic carbocycles. The molecule has 0 aromatic carbocycles. The van der Waals surface area contributed by atoms with Gasteiger partial charge in [-0.3, -0.25) is 14.5 Å². The highest BCUT2D eigenvalue weighted by Crippen LogP contribution is 2.40. The van der Waals surface area contributed by atoms with Gasteiger partial charge in [-0.2, -0.15) is 0 Å². The SMILES string of the molecule is CC(=O)Nc1nc(CN2[C@H](C(=O)O)C[C@@H]3CCCC[C@@H]32)cs1. The fraction of sp³-hybridized carbons (Fsp3) is 0.667. The molecule has 1 saturated carbocycles. The first-order chi connectivity index (χ1) is 10.5. The molecule has 6 nitrogen and oxygen atoms in total. The minimum Gasteiger partial charge on any atom is -0.480 e. The number of anilines is 1. The van der Waals surface area contributed by atoms with Crippen molar-refractivity contribution < 1.29 is 14.7 Å². The van der Waals surface area contributed by atoms with E-state index in [0.29, 0.717) is 23.6 Å². The molecular weight excluding hydrogens is 302 g/mol. The van der Waals surface area contributed by atoms with Gasteiger partial charge in [0.1, 0.15) is 6.04 Å². The Hall–Kier alpha value is -1.47. The number of carbonyl (C=O) groups excluding carboxylic acids is 1. The zero-order valence-corrected chi connectivity index (χ0v) is 13.4. The third kappa shape index (κ3) is 3.15. The van der Waals surface area contributed by atoms with Crippen LogP contribution in [0.25, 0.3) is 0 Å². The zero-order chi connectivity index (χ0) is 15.7. The van der Waals surface area contributed by atoms with Crippen molar-refractivity contribution in [1.29, 1.82) is 0 Å². The van der Waals surface area contributed by atoms with Crippen molar-refractivity contribution >= 4 is 28.3 Å². The zero-order valence-electron chi connectivity index (χ0n) is 12.6. The molecule has 2 fully saturated rings. The number of amides is 1. The maximum Gasteiger partial charge on any atom is 0.320 e. The maximum atomic E-state index is 11.6. The first-order valence-electron chi connectivity index (χ1n) is 7.75. The Kier molecular flexibility index (Phi) is 4.44. The van der Waals surface area contributed by atoms with E-state index in [1.54, 1.807) is 0 Å². The first kappa shape index (κ1) is 15.4. The summed E-state index contributed by atoms with van der Waals surface area (Å²) < 4.78 is 0. The average Bonchev–Trinajstić information content (AvgIpc) is 3.04. The van der Waals surface area contributed by atoms with E-state index >= 15 is 0 Å². The van der Waals surface area contributed by atoms with Crippen molar-refractivity contribution in [3.05, 3.63) is 11.1 Å². The molecule has 7 heteroatoms. The van der Waals surface area contributed by atoms with Crippen molar-refractivity contribution in [2.24, 2.45) is 5.92 Å². The highest BCUT2D eigenvalue weighted by Gasteiger charge is 2.45. The fourth-order valence-corrected chi connectivity index (χ4v) is 4.55. The molecule has 2 N–H and O–H groups in total. The number of likely N-dealkylation sites (tertiary alicyclic amines) is 1. The van der Waals surface area contributed by atoms with Crippen LogP contribution in [0.5, 0.6) is 0 Å². The number of hydrogen-bond acceptors (Lipinski definition) is 5. The van der Waals surface area contributed by atoms with Crippen LogP contribution < -0.4 is 5.32 Å². The van der Waals surface area contributed by atoms with Gasteiger partial charge < -0.3 is 10.4 Å². The lowest BCUT2D eigenvalue weighted by molar-refractivity contribution is -0.143. The van der Waals surface area contributed by atoms with Gasteiger partial charge in [0.2, 0.25) is 5.91 Å². The molecule has 1 aliphatic heterocycles. The van der Waals surface area contributed by atoms with E-state index in [2.05, 4.69) is 15.2 Å². The van der Waals surface area contributed by atoms with Crippen molar-refractivity contribution in [3.8, 4) is 0 Å². The number of nitrogens with one attached hydrogen (secondary N) is 1. The number of fused-ring (bicyclic) bond motifs is 1. The summed E-state index contributed by atoms with van der Waals surface area (Å²) in [5.74, 6) is -0.368. The van der Waals surface area contributed by atoms with Crippen LogP contribution in [0.4, 0.5) is 5.13 Å². The summed E-state index contributed by atoms with van der Waals surface area (Å²) in [5, 5.41) is 14.7. The molecule has 120 valence electrons. The highest BCUT2D eigenvalue weighted by atomic mass is 32.1. The number of carboxylic acids is 1. The van der Waals surface area contributed by atoms with Crippen molar-refractivity contribution in [3.63, 3.8) is 0 Å². The molecule has 3 atom stereocenters. The molecule has 0 radical (unpaired) electrons. The quantitative estimate of drug-likeness (QED) is 0.888. The fourth-order valence-electron chi connectivity index (χ4n) is 3.80. The number of carboxylic acid groups (broad SMARTS) is 1. The van der Waals surface area contributed by atoms with Crippen LogP contribution >= 0.6 is 11.3 Å². The summed E-state index contributed by atoms with van der Waals surface area (Å²) in [6.45, 7) is 2.00. The average molecular weight is 323 g/mol. The number of thiazole rings is 1. The number of hydrogen-bond donors (Lipinski definition) is 2. The van der Waals surface area contributed by atoms with Gasteiger partial charge in [-0.25, -0.2) is 4.98 Å². The normalized spacial score (nSPS) is 28.3. The second-order valence-electron chi connectivity index (χ2n) is 6.20. The summed E-state index contributed by atoms with van der Waals surface area (Å²) in [6.07, 6.45) is 5.36. The Bertz CT molecular complexity index is 574. The van der Waals surface area contributed by atoms with E-state index in [1.807, 2.05) is 5.38 Å². The van der Waals surface area contributed by atoms with Crippen LogP contribution in [-0.4, -0.2) is 39.0 Å². The van der Waals surface area contributed by atoms with Crippen molar-refractivity contribution in [2.45, 2.75) is 57.7 Å². The van der Waals surface area contributed by atoms with E-state index < -0.39 is 12.0 Å². The Balaban J connectivity index is 1.74. The third-order valence-electron chi connectivity index (χ3n) is 4.69. The van der Waals surface area contributed by atoms with Crippen LogP contribution in [0.15, 0.2) is 5.38 Å². The maximum absolute atomic E-state index is 11.6. The van der Waals surface area contributed by atoms with E-state index in [1.165, 1.54) is 31.1 Å². The third-order valence-corrected chi connectivity index (χ3v) is 5.49. The predicted molar refractivity (Wildman–Crippen MR) is 83.7 cm³/mol.